The normalized spacial score (nSPS) is 18.9. The summed E-state index contributed by atoms with van der Waals surface area (Å²) >= 11 is 0. The quantitative estimate of drug-likeness (QED) is 0.448. The van der Waals surface area contributed by atoms with Crippen molar-refractivity contribution < 1.29 is 16.3 Å². The van der Waals surface area contributed by atoms with E-state index in [0.29, 0.717) is 0 Å². The van der Waals surface area contributed by atoms with E-state index in [1.807, 2.05) is 0 Å². The van der Waals surface area contributed by atoms with E-state index < -0.39 is 20.5 Å². The molecule has 0 aromatic rings. The third-order valence-electron chi connectivity index (χ3n) is 0.196. The second-order valence-electron chi connectivity index (χ2n) is 1.11. The van der Waals surface area contributed by atoms with E-state index in [9.17, 15) is 12.6 Å². The molecule has 5 N–H and O–H groups in total. The third kappa shape index (κ3) is 7.78. The van der Waals surface area contributed by atoms with Crippen molar-refractivity contribution in [2.75, 3.05) is 0 Å². The highest BCUT2D eigenvalue weighted by molar-refractivity contribution is 7.98. The fourth-order valence-corrected chi connectivity index (χ4v) is 1.27. The minimum atomic E-state index is -4.37. The number of nitrogens with one attached hydrogen (secondary N) is 1. The maximum atomic E-state index is 9.97. The summed E-state index contributed by atoms with van der Waals surface area (Å²) in [5, 5.41) is 8.53. The van der Waals surface area contributed by atoms with Crippen molar-refractivity contribution in [3.05, 3.63) is 0 Å². The lowest BCUT2D eigenvalue weighted by Gasteiger charge is -1.95. The summed E-state index contributed by atoms with van der Waals surface area (Å²) in [6, 6.07) is 0. The molecule has 0 rings (SSSR count). The minimum absolute atomic E-state index is 3.35. The fourth-order valence-electron chi connectivity index (χ4n) is 0.141. The van der Waals surface area contributed by atoms with E-state index >= 15 is 0 Å². The van der Waals surface area contributed by atoms with Crippen molar-refractivity contribution in [2.45, 2.75) is 0 Å². The average molecular weight is 175 g/mol. The maximum Gasteiger partial charge on any atom is 0.347 e. The number of hydrogen-bond donors (Lipinski definition) is 3. The zero-order valence-corrected chi connectivity index (χ0v) is 5.74. The van der Waals surface area contributed by atoms with Gasteiger partial charge in [-0.2, -0.15) is 8.42 Å². The molecule has 0 aliphatic heterocycles. The second kappa shape index (κ2) is 2.19. The summed E-state index contributed by atoms with van der Waals surface area (Å²) in [5.74, 6) is 0. The van der Waals surface area contributed by atoms with Gasteiger partial charge in [-0.1, -0.05) is 0 Å². The van der Waals surface area contributed by atoms with E-state index in [1.54, 1.807) is 0 Å². The van der Waals surface area contributed by atoms with Gasteiger partial charge in [0.15, 0.2) is 0 Å². The van der Waals surface area contributed by atoms with Crippen LogP contribution in [0.5, 0.6) is 0 Å². The van der Waals surface area contributed by atoms with Gasteiger partial charge in [-0.15, -0.1) is 3.63 Å². The Morgan fingerprint density at radius 2 is 1.56 bits per heavy atom. The first-order valence-corrected chi connectivity index (χ1v) is 4.53. The minimum Gasteiger partial charge on any atom is -0.222 e. The lowest BCUT2D eigenvalue weighted by Crippen LogP contribution is -2.24. The van der Waals surface area contributed by atoms with E-state index in [2.05, 4.69) is 13.9 Å². The molecule has 0 heterocycles. The summed E-state index contributed by atoms with van der Waals surface area (Å²) in [4.78, 5) is 0. The van der Waals surface area contributed by atoms with Gasteiger partial charge < -0.3 is 0 Å². The molecule has 0 aliphatic rings. The molecule has 0 aromatic heterocycles. The van der Waals surface area contributed by atoms with Crippen LogP contribution in [0.15, 0.2) is 0 Å². The second-order valence-corrected chi connectivity index (χ2v) is 3.73. The molecule has 0 aromatic carbocycles. The fraction of sp³-hybridized carbons (Fsp3) is 0. The highest BCUT2D eigenvalue weighted by atomic mass is 32.3. The molecule has 0 bridgehead atoms. The van der Waals surface area contributed by atoms with Gasteiger partial charge in [0.1, 0.15) is 0 Å². The van der Waals surface area contributed by atoms with Crippen LogP contribution in [-0.2, 0) is 24.1 Å². The van der Waals surface area contributed by atoms with Crippen LogP contribution in [0.3, 0.4) is 0 Å². The Balaban J connectivity index is 4.46. The Labute approximate surface area is 52.6 Å². The molecule has 9 heteroatoms. The van der Waals surface area contributed by atoms with Crippen molar-refractivity contribution >= 4 is 20.5 Å². The van der Waals surface area contributed by atoms with Crippen molar-refractivity contribution in [1.82, 2.24) is 0 Å². The summed E-state index contributed by atoms with van der Waals surface area (Å²) in [7, 11) is -8.36. The van der Waals surface area contributed by atoms with Crippen molar-refractivity contribution in [3.8, 4) is 0 Å². The highest BCUT2D eigenvalue weighted by Crippen LogP contribution is 1.87. The lowest BCUT2D eigenvalue weighted by molar-refractivity contribution is 0.494. The molecule has 0 aliphatic carbocycles. The van der Waals surface area contributed by atoms with Crippen LogP contribution in [0.25, 0.3) is 0 Å². The van der Waals surface area contributed by atoms with Gasteiger partial charge in [0.05, 0.1) is 0 Å². The standard InChI is InChI=1S/H5N3O4S2/c1-8(2,4)7-9(3,5)6/h(H3,1,2,4)(H2,3,5,6). The zero-order valence-electron chi connectivity index (χ0n) is 4.10. The van der Waals surface area contributed by atoms with E-state index in [1.165, 1.54) is 0 Å². The van der Waals surface area contributed by atoms with Crippen molar-refractivity contribution in [3.63, 3.8) is 0 Å². The van der Waals surface area contributed by atoms with Crippen molar-refractivity contribution in [2.24, 2.45) is 10.3 Å². The molecule has 0 spiro atoms. The zero-order chi connectivity index (χ0) is 7.71. The molecule has 0 amide bonds. The summed E-state index contributed by atoms with van der Waals surface area (Å²) in [6.07, 6.45) is 0. The largest absolute Gasteiger partial charge is 0.347 e. The Bertz CT molecular complexity index is 239. The van der Waals surface area contributed by atoms with E-state index in [0.717, 1.165) is 0 Å². The van der Waals surface area contributed by atoms with Crippen LogP contribution in [-0.4, -0.2) is 12.6 Å². The van der Waals surface area contributed by atoms with Crippen LogP contribution in [0.2, 0.25) is 0 Å². The first-order chi connectivity index (χ1) is 3.71. The van der Waals surface area contributed by atoms with Crippen LogP contribution in [0.4, 0.5) is 0 Å². The van der Waals surface area contributed by atoms with Gasteiger partial charge in [0, 0.05) is 0 Å². The molecule has 1 unspecified atom stereocenters. The molecule has 0 fully saturated rings. The molecule has 1 atom stereocenters. The molecular formula is H5N3O4S2. The van der Waals surface area contributed by atoms with Gasteiger partial charge in [0.2, 0.25) is 10.2 Å². The maximum absolute atomic E-state index is 9.97. The van der Waals surface area contributed by atoms with Crippen LogP contribution in [0, 0.1) is 4.78 Å². The molecule has 56 valence electrons. The Hall–Kier alpha value is -0.220. The van der Waals surface area contributed by atoms with Gasteiger partial charge in [-0.05, 0) is 0 Å². The van der Waals surface area contributed by atoms with Gasteiger partial charge in [-0.25, -0.2) is 19.3 Å². The van der Waals surface area contributed by atoms with Crippen LogP contribution < -0.4 is 10.3 Å². The van der Waals surface area contributed by atoms with Crippen molar-refractivity contribution in [1.29, 1.82) is 4.78 Å². The summed E-state index contributed by atoms with van der Waals surface area (Å²) in [5.41, 5.74) is 0. The molecule has 9 heavy (non-hydrogen) atoms. The van der Waals surface area contributed by atoms with Crippen LogP contribution in [0.1, 0.15) is 0 Å². The molecule has 0 radical (unpaired) electrons. The predicted molar refractivity (Wildman–Crippen MR) is 29.2 cm³/mol. The highest BCUT2D eigenvalue weighted by Gasteiger charge is 2.08. The molecular weight excluding hydrogens is 170 g/mol. The Morgan fingerprint density at radius 3 is 1.56 bits per heavy atom. The predicted octanol–water partition coefficient (Wildman–Crippen LogP) is -1.96. The Kier molecular flexibility index (Phi) is 2.14. The SMILES string of the molecule is N=S(N)(=O)OS(N)(=O)=O. The topological polar surface area (TPSA) is 136 Å². The molecule has 0 saturated carbocycles. The third-order valence-corrected chi connectivity index (χ3v) is 1.76. The molecule has 0 saturated heterocycles. The lowest BCUT2D eigenvalue weighted by atomic mass is 13.9. The summed E-state index contributed by atoms with van der Waals surface area (Å²) in [6.45, 7) is 0. The van der Waals surface area contributed by atoms with Gasteiger partial charge >= 0.3 is 10.3 Å². The first kappa shape index (κ1) is 8.78. The van der Waals surface area contributed by atoms with E-state index in [-0.39, 0.29) is 0 Å². The smallest absolute Gasteiger partial charge is 0.222 e. The van der Waals surface area contributed by atoms with Gasteiger partial charge in [-0.3, -0.25) is 0 Å². The number of nitrogens with two attached hydrogens (primary N) is 2. The molecule has 7 nitrogen and oxygen atoms in total. The first-order valence-electron chi connectivity index (χ1n) is 1.51. The Morgan fingerprint density at radius 1 is 1.22 bits per heavy atom. The summed E-state index contributed by atoms with van der Waals surface area (Å²) < 4.78 is 39.2. The van der Waals surface area contributed by atoms with Crippen LogP contribution >= 0.6 is 0 Å². The van der Waals surface area contributed by atoms with Gasteiger partial charge in [0.25, 0.3) is 0 Å². The average Bonchev–Trinajstić information content (AvgIpc) is 1.14. The van der Waals surface area contributed by atoms with E-state index in [4.69, 9.17) is 4.78 Å². The number of rotatable bonds is 2. The monoisotopic (exact) mass is 175 g/mol. The number of hydrogen-bond acceptors (Lipinski definition) is 5.